The summed E-state index contributed by atoms with van der Waals surface area (Å²) in [5.41, 5.74) is 0.521. The average molecular weight is 429 g/mol. The summed E-state index contributed by atoms with van der Waals surface area (Å²) in [5, 5.41) is 3.02. The third-order valence-corrected chi connectivity index (χ3v) is 5.12. The lowest BCUT2D eigenvalue weighted by Gasteiger charge is -2.19. The Morgan fingerprint density at radius 1 is 1.15 bits per heavy atom. The van der Waals surface area contributed by atoms with Gasteiger partial charge in [-0.1, -0.05) is 6.92 Å². The van der Waals surface area contributed by atoms with Crippen molar-refractivity contribution < 1.29 is 13.2 Å². The predicted molar refractivity (Wildman–Crippen MR) is 81.6 cm³/mol. The molecule has 1 nitrogen and oxygen atoms in total. The molecule has 1 aromatic carbocycles. The SMILES string of the molecule is CCNC(c1cc(Br)sc1Br)c1c(F)cc(F)cc1F. The van der Waals surface area contributed by atoms with E-state index in [1.165, 1.54) is 11.3 Å². The van der Waals surface area contributed by atoms with Gasteiger partial charge < -0.3 is 5.32 Å². The van der Waals surface area contributed by atoms with Crippen molar-refractivity contribution in [2.45, 2.75) is 13.0 Å². The first-order chi connectivity index (χ1) is 9.43. The van der Waals surface area contributed by atoms with Crippen LogP contribution >= 0.6 is 43.2 Å². The maximum absolute atomic E-state index is 14.0. The van der Waals surface area contributed by atoms with Crippen molar-refractivity contribution in [1.82, 2.24) is 5.32 Å². The van der Waals surface area contributed by atoms with Crippen molar-refractivity contribution in [1.29, 1.82) is 0 Å². The molecule has 0 radical (unpaired) electrons. The van der Waals surface area contributed by atoms with Gasteiger partial charge in [-0.25, -0.2) is 13.2 Å². The Kier molecular flexibility index (Phi) is 5.28. The molecule has 1 unspecified atom stereocenters. The van der Waals surface area contributed by atoms with Crippen molar-refractivity contribution in [2.24, 2.45) is 0 Å². The summed E-state index contributed by atoms with van der Waals surface area (Å²) >= 11 is 8.12. The van der Waals surface area contributed by atoms with Gasteiger partial charge >= 0.3 is 0 Å². The van der Waals surface area contributed by atoms with E-state index in [1.54, 1.807) is 6.07 Å². The van der Waals surface area contributed by atoms with Gasteiger partial charge in [-0.2, -0.15) is 0 Å². The molecule has 0 aliphatic heterocycles. The molecular formula is C13H10Br2F3NS. The fraction of sp³-hybridized carbons (Fsp3) is 0.231. The van der Waals surface area contributed by atoms with Gasteiger partial charge in [0.05, 0.1) is 13.6 Å². The van der Waals surface area contributed by atoms with Crippen molar-refractivity contribution in [3.05, 3.63) is 54.4 Å². The van der Waals surface area contributed by atoms with Gasteiger partial charge in [-0.05, 0) is 50.0 Å². The molecule has 108 valence electrons. The lowest BCUT2D eigenvalue weighted by molar-refractivity contribution is 0.492. The zero-order valence-corrected chi connectivity index (χ0v) is 14.3. The van der Waals surface area contributed by atoms with Gasteiger partial charge in [0.2, 0.25) is 0 Å². The van der Waals surface area contributed by atoms with Crippen LogP contribution in [0.3, 0.4) is 0 Å². The Labute approximate surface area is 135 Å². The van der Waals surface area contributed by atoms with Crippen molar-refractivity contribution in [3.8, 4) is 0 Å². The molecule has 2 rings (SSSR count). The van der Waals surface area contributed by atoms with Gasteiger partial charge in [0.25, 0.3) is 0 Å². The molecule has 0 saturated carbocycles. The van der Waals surface area contributed by atoms with E-state index in [0.29, 0.717) is 24.2 Å². The van der Waals surface area contributed by atoms with Crippen LogP contribution in [-0.2, 0) is 0 Å². The first-order valence-corrected chi connectivity index (χ1v) is 8.16. The summed E-state index contributed by atoms with van der Waals surface area (Å²) in [7, 11) is 0. The summed E-state index contributed by atoms with van der Waals surface area (Å²) in [6.45, 7) is 2.35. The number of thiophene rings is 1. The Hall–Kier alpha value is -0.370. The van der Waals surface area contributed by atoms with Crippen molar-refractivity contribution in [2.75, 3.05) is 6.54 Å². The third kappa shape index (κ3) is 3.27. The Morgan fingerprint density at radius 3 is 2.20 bits per heavy atom. The number of hydrogen-bond donors (Lipinski definition) is 1. The molecule has 7 heteroatoms. The second kappa shape index (κ2) is 6.60. The van der Waals surface area contributed by atoms with Crippen molar-refractivity contribution in [3.63, 3.8) is 0 Å². The van der Waals surface area contributed by atoms with Gasteiger partial charge in [0, 0.05) is 17.7 Å². The van der Waals surface area contributed by atoms with Crippen molar-refractivity contribution >= 4 is 43.2 Å². The van der Waals surface area contributed by atoms with Crippen LogP contribution in [0, 0.1) is 17.5 Å². The van der Waals surface area contributed by atoms with E-state index in [0.717, 1.165) is 7.57 Å². The average Bonchev–Trinajstić information content (AvgIpc) is 2.66. The molecule has 20 heavy (non-hydrogen) atoms. The predicted octanol–water partition coefficient (Wildman–Crippen LogP) is 5.39. The summed E-state index contributed by atoms with van der Waals surface area (Å²) < 4.78 is 42.6. The van der Waals surface area contributed by atoms with Crippen LogP contribution in [-0.4, -0.2) is 6.54 Å². The largest absolute Gasteiger partial charge is 0.306 e. The number of halogens is 5. The van der Waals surface area contributed by atoms with Crippen LogP contribution in [0.15, 0.2) is 25.8 Å². The maximum Gasteiger partial charge on any atom is 0.134 e. The van der Waals surface area contributed by atoms with Gasteiger partial charge in [0.1, 0.15) is 17.5 Å². The number of benzene rings is 1. The molecule has 0 aliphatic carbocycles. The number of rotatable bonds is 4. The Balaban J connectivity index is 2.57. The Morgan fingerprint density at radius 2 is 1.75 bits per heavy atom. The first kappa shape index (κ1) is 16.0. The Bertz CT molecular complexity index is 607. The van der Waals surface area contributed by atoms with E-state index in [1.807, 2.05) is 6.92 Å². The van der Waals surface area contributed by atoms with E-state index in [-0.39, 0.29) is 5.56 Å². The van der Waals surface area contributed by atoms with Gasteiger partial charge in [-0.3, -0.25) is 0 Å². The van der Waals surface area contributed by atoms with Gasteiger partial charge in [-0.15, -0.1) is 11.3 Å². The molecule has 0 spiro atoms. The summed E-state index contributed by atoms with van der Waals surface area (Å²) in [6, 6.07) is 2.48. The highest BCUT2D eigenvalue weighted by molar-refractivity contribution is 9.12. The van der Waals surface area contributed by atoms with E-state index in [4.69, 9.17) is 0 Å². The summed E-state index contributed by atoms with van der Waals surface area (Å²) in [5.74, 6) is -2.73. The van der Waals surface area contributed by atoms with E-state index in [2.05, 4.69) is 37.2 Å². The van der Waals surface area contributed by atoms with E-state index >= 15 is 0 Å². The minimum atomic E-state index is -0.926. The fourth-order valence-corrected chi connectivity index (χ4v) is 4.85. The molecule has 0 fully saturated rings. The minimum Gasteiger partial charge on any atom is -0.306 e. The van der Waals surface area contributed by atoms with Crippen LogP contribution in [0.4, 0.5) is 13.2 Å². The van der Waals surface area contributed by atoms with Crippen LogP contribution in [0.25, 0.3) is 0 Å². The molecule has 1 aromatic heterocycles. The standard InChI is InChI=1S/C13H10Br2F3NS/c1-2-19-12(7-5-10(14)20-13(7)15)11-8(17)3-6(16)4-9(11)18/h3-5,12,19H,2H2,1H3. The lowest BCUT2D eigenvalue weighted by Crippen LogP contribution is -2.24. The zero-order valence-electron chi connectivity index (χ0n) is 10.3. The normalized spacial score (nSPS) is 12.7. The second-order valence-electron chi connectivity index (χ2n) is 4.05. The van der Waals surface area contributed by atoms with Crippen LogP contribution in [0.5, 0.6) is 0 Å². The zero-order chi connectivity index (χ0) is 14.9. The smallest absolute Gasteiger partial charge is 0.134 e. The molecule has 1 N–H and O–H groups in total. The number of hydrogen-bond acceptors (Lipinski definition) is 2. The van der Waals surface area contributed by atoms with Crippen LogP contribution in [0.1, 0.15) is 24.1 Å². The molecule has 2 aromatic rings. The molecule has 1 atom stereocenters. The monoisotopic (exact) mass is 427 g/mol. The second-order valence-corrected chi connectivity index (χ2v) is 7.80. The van der Waals surface area contributed by atoms with Crippen LogP contribution < -0.4 is 5.32 Å². The van der Waals surface area contributed by atoms with Crippen LogP contribution in [0.2, 0.25) is 0 Å². The first-order valence-electron chi connectivity index (χ1n) is 5.76. The highest BCUT2D eigenvalue weighted by Gasteiger charge is 2.25. The summed E-state index contributed by atoms with van der Waals surface area (Å²) in [6.07, 6.45) is 0. The third-order valence-electron chi connectivity index (χ3n) is 2.73. The maximum atomic E-state index is 14.0. The summed E-state index contributed by atoms with van der Waals surface area (Å²) in [4.78, 5) is 0. The topological polar surface area (TPSA) is 12.0 Å². The molecule has 1 heterocycles. The molecular weight excluding hydrogens is 419 g/mol. The fourth-order valence-electron chi connectivity index (χ4n) is 1.95. The van der Waals surface area contributed by atoms with Gasteiger partial charge in [0.15, 0.2) is 0 Å². The highest BCUT2D eigenvalue weighted by atomic mass is 79.9. The lowest BCUT2D eigenvalue weighted by atomic mass is 10.00. The number of nitrogens with one attached hydrogen (secondary N) is 1. The minimum absolute atomic E-state index is 0.181. The molecule has 0 amide bonds. The molecule has 0 aliphatic rings. The van der Waals surface area contributed by atoms with E-state index < -0.39 is 23.5 Å². The molecule has 0 bridgehead atoms. The quantitative estimate of drug-likeness (QED) is 0.688. The molecule has 0 saturated heterocycles. The van der Waals surface area contributed by atoms with E-state index in [9.17, 15) is 13.2 Å². The highest BCUT2D eigenvalue weighted by Crippen LogP contribution is 2.39.